The van der Waals surface area contributed by atoms with Gasteiger partial charge < -0.3 is 10.6 Å². The van der Waals surface area contributed by atoms with E-state index < -0.39 is 0 Å². The molecule has 0 bridgehead atoms. The van der Waals surface area contributed by atoms with Crippen molar-refractivity contribution in [3.63, 3.8) is 0 Å². The third kappa shape index (κ3) is 4.66. The summed E-state index contributed by atoms with van der Waals surface area (Å²) in [4.78, 5) is 11.5. The second-order valence-corrected chi connectivity index (χ2v) is 5.73. The first kappa shape index (κ1) is 12.9. The molecule has 0 spiro atoms. The van der Waals surface area contributed by atoms with Crippen LogP contribution in [0.15, 0.2) is 0 Å². The maximum atomic E-state index is 11.5. The highest BCUT2D eigenvalue weighted by Crippen LogP contribution is 2.26. The van der Waals surface area contributed by atoms with Crippen molar-refractivity contribution in [1.29, 1.82) is 0 Å². The number of carbonyl (C=O) groups excluding carboxylic acids is 1. The Hall–Kier alpha value is -0.570. The molecule has 0 radical (unpaired) electrons. The molecular weight excluding hydrogens is 212 g/mol. The first-order valence-electron chi connectivity index (χ1n) is 7.28. The van der Waals surface area contributed by atoms with E-state index in [1.54, 1.807) is 0 Å². The van der Waals surface area contributed by atoms with Crippen molar-refractivity contribution in [2.45, 2.75) is 70.4 Å². The van der Waals surface area contributed by atoms with Crippen molar-refractivity contribution < 1.29 is 4.79 Å². The van der Waals surface area contributed by atoms with Gasteiger partial charge in [-0.2, -0.15) is 0 Å². The summed E-state index contributed by atoms with van der Waals surface area (Å²) in [5, 5.41) is 6.54. The zero-order valence-corrected chi connectivity index (χ0v) is 11.0. The van der Waals surface area contributed by atoms with Gasteiger partial charge in [-0.3, -0.25) is 4.79 Å². The molecule has 2 rings (SSSR count). The number of carbonyl (C=O) groups is 1. The third-order valence-electron chi connectivity index (χ3n) is 4.12. The summed E-state index contributed by atoms with van der Waals surface area (Å²) in [6.07, 6.45) is 9.90. The zero-order chi connectivity index (χ0) is 12.1. The summed E-state index contributed by atoms with van der Waals surface area (Å²) in [5.74, 6) is 1.05. The van der Waals surface area contributed by atoms with Gasteiger partial charge in [0.1, 0.15) is 0 Å². The molecule has 0 aromatic heterocycles. The van der Waals surface area contributed by atoms with Gasteiger partial charge in [-0.15, -0.1) is 0 Å². The standard InChI is InChI=1S/C14H26N2O/c1-11(12-5-3-2-4-6-12)15-10-9-14(17)16-13-7-8-13/h11-13,15H,2-10H2,1H3,(H,16,17). The molecule has 0 heterocycles. The Labute approximate surface area is 105 Å². The first-order chi connectivity index (χ1) is 8.25. The van der Waals surface area contributed by atoms with Crippen molar-refractivity contribution in [2.75, 3.05) is 6.54 Å². The molecule has 2 aliphatic carbocycles. The lowest BCUT2D eigenvalue weighted by atomic mass is 9.84. The van der Waals surface area contributed by atoms with Crippen molar-refractivity contribution in [1.82, 2.24) is 10.6 Å². The number of amides is 1. The van der Waals surface area contributed by atoms with Crippen LogP contribution in [-0.4, -0.2) is 24.5 Å². The monoisotopic (exact) mass is 238 g/mol. The molecule has 3 nitrogen and oxygen atoms in total. The van der Waals surface area contributed by atoms with Crippen LogP contribution in [0.2, 0.25) is 0 Å². The van der Waals surface area contributed by atoms with Crippen molar-refractivity contribution in [2.24, 2.45) is 5.92 Å². The van der Waals surface area contributed by atoms with Gasteiger partial charge in [0.15, 0.2) is 0 Å². The smallest absolute Gasteiger partial charge is 0.221 e. The highest BCUT2D eigenvalue weighted by molar-refractivity contribution is 5.76. The van der Waals surface area contributed by atoms with Crippen LogP contribution in [0.25, 0.3) is 0 Å². The first-order valence-corrected chi connectivity index (χ1v) is 7.28. The van der Waals surface area contributed by atoms with Crippen molar-refractivity contribution >= 4 is 5.91 Å². The van der Waals surface area contributed by atoms with Gasteiger partial charge in [0.25, 0.3) is 0 Å². The number of hydrogen-bond acceptors (Lipinski definition) is 2. The fraction of sp³-hybridized carbons (Fsp3) is 0.929. The van der Waals surface area contributed by atoms with Gasteiger partial charge in [-0.1, -0.05) is 19.3 Å². The Morgan fingerprint density at radius 2 is 1.88 bits per heavy atom. The van der Waals surface area contributed by atoms with Crippen LogP contribution < -0.4 is 10.6 Å². The lowest BCUT2D eigenvalue weighted by molar-refractivity contribution is -0.121. The van der Waals surface area contributed by atoms with Gasteiger partial charge in [0.2, 0.25) is 5.91 Å². The van der Waals surface area contributed by atoms with E-state index in [4.69, 9.17) is 0 Å². The number of nitrogens with one attached hydrogen (secondary N) is 2. The summed E-state index contributed by atoms with van der Waals surface area (Å²) >= 11 is 0. The Bertz CT molecular complexity index is 245. The minimum atomic E-state index is 0.218. The van der Waals surface area contributed by atoms with Crippen LogP contribution in [0.4, 0.5) is 0 Å². The van der Waals surface area contributed by atoms with E-state index in [0.29, 0.717) is 18.5 Å². The SMILES string of the molecule is CC(NCCC(=O)NC1CC1)C1CCCCC1. The fourth-order valence-corrected chi connectivity index (χ4v) is 2.74. The van der Waals surface area contributed by atoms with E-state index in [9.17, 15) is 4.79 Å². The minimum absolute atomic E-state index is 0.218. The van der Waals surface area contributed by atoms with Gasteiger partial charge in [-0.05, 0) is 38.5 Å². The summed E-state index contributed by atoms with van der Waals surface area (Å²) < 4.78 is 0. The maximum absolute atomic E-state index is 11.5. The Balaban J connectivity index is 1.55. The summed E-state index contributed by atoms with van der Waals surface area (Å²) in [6.45, 7) is 3.10. The lowest BCUT2D eigenvalue weighted by Crippen LogP contribution is -2.37. The van der Waals surface area contributed by atoms with Crippen LogP contribution in [0, 0.1) is 5.92 Å². The van der Waals surface area contributed by atoms with Crippen LogP contribution in [0.1, 0.15) is 58.3 Å². The zero-order valence-electron chi connectivity index (χ0n) is 11.0. The predicted molar refractivity (Wildman–Crippen MR) is 69.8 cm³/mol. The van der Waals surface area contributed by atoms with E-state index in [1.807, 2.05) is 0 Å². The molecule has 2 N–H and O–H groups in total. The second-order valence-electron chi connectivity index (χ2n) is 5.73. The summed E-state index contributed by atoms with van der Waals surface area (Å²) in [5.41, 5.74) is 0. The molecule has 0 aliphatic heterocycles. The highest BCUT2D eigenvalue weighted by Gasteiger charge is 2.23. The van der Waals surface area contributed by atoms with Crippen molar-refractivity contribution in [3.05, 3.63) is 0 Å². The van der Waals surface area contributed by atoms with Gasteiger partial charge >= 0.3 is 0 Å². The molecule has 17 heavy (non-hydrogen) atoms. The molecule has 0 aromatic carbocycles. The average molecular weight is 238 g/mol. The largest absolute Gasteiger partial charge is 0.353 e. The van der Waals surface area contributed by atoms with Gasteiger partial charge in [0.05, 0.1) is 0 Å². The lowest BCUT2D eigenvalue weighted by Gasteiger charge is -2.28. The number of rotatable bonds is 6. The quantitative estimate of drug-likeness (QED) is 0.745. The van der Waals surface area contributed by atoms with E-state index in [1.165, 1.54) is 44.9 Å². The molecular formula is C14H26N2O. The average Bonchev–Trinajstić information content (AvgIpc) is 3.14. The Morgan fingerprint density at radius 3 is 2.53 bits per heavy atom. The molecule has 1 unspecified atom stereocenters. The second kappa shape index (κ2) is 6.39. The van der Waals surface area contributed by atoms with Crippen molar-refractivity contribution in [3.8, 4) is 0 Å². The van der Waals surface area contributed by atoms with Crippen LogP contribution in [0.5, 0.6) is 0 Å². The minimum Gasteiger partial charge on any atom is -0.353 e. The molecule has 0 aromatic rings. The number of hydrogen-bond donors (Lipinski definition) is 2. The third-order valence-corrected chi connectivity index (χ3v) is 4.12. The molecule has 3 heteroatoms. The Morgan fingerprint density at radius 1 is 1.18 bits per heavy atom. The molecule has 1 amide bonds. The normalized spacial score (nSPS) is 23.4. The van der Waals surface area contributed by atoms with Crippen LogP contribution >= 0.6 is 0 Å². The van der Waals surface area contributed by atoms with Gasteiger partial charge in [-0.25, -0.2) is 0 Å². The molecule has 0 saturated heterocycles. The summed E-state index contributed by atoms with van der Waals surface area (Å²) in [7, 11) is 0. The van der Waals surface area contributed by atoms with E-state index in [0.717, 1.165) is 12.5 Å². The van der Waals surface area contributed by atoms with Crippen LogP contribution in [0.3, 0.4) is 0 Å². The highest BCUT2D eigenvalue weighted by atomic mass is 16.1. The van der Waals surface area contributed by atoms with E-state index >= 15 is 0 Å². The topological polar surface area (TPSA) is 41.1 Å². The van der Waals surface area contributed by atoms with E-state index in [-0.39, 0.29) is 5.91 Å². The molecule has 2 fully saturated rings. The molecule has 1 atom stereocenters. The fourth-order valence-electron chi connectivity index (χ4n) is 2.74. The maximum Gasteiger partial charge on any atom is 0.221 e. The molecule has 98 valence electrons. The molecule has 2 aliphatic rings. The van der Waals surface area contributed by atoms with Crippen LogP contribution in [-0.2, 0) is 4.79 Å². The van der Waals surface area contributed by atoms with E-state index in [2.05, 4.69) is 17.6 Å². The Kier molecular flexibility index (Phi) is 4.84. The predicted octanol–water partition coefficient (Wildman–Crippen LogP) is 2.21. The van der Waals surface area contributed by atoms with Gasteiger partial charge in [0, 0.05) is 25.0 Å². The summed E-state index contributed by atoms with van der Waals surface area (Å²) in [6, 6.07) is 1.07. The molecule has 2 saturated carbocycles.